The van der Waals surface area contributed by atoms with Gasteiger partial charge in [-0.25, -0.2) is 0 Å². The fourth-order valence-electron chi connectivity index (χ4n) is 2.64. The molecule has 1 N–H and O–H groups in total. The molecule has 26 heavy (non-hydrogen) atoms. The second-order valence-corrected chi connectivity index (χ2v) is 7.99. The molecule has 2 aromatic rings. The van der Waals surface area contributed by atoms with Crippen molar-refractivity contribution >= 4 is 17.7 Å². The van der Waals surface area contributed by atoms with Crippen molar-refractivity contribution in [3.63, 3.8) is 0 Å². The van der Waals surface area contributed by atoms with Crippen LogP contribution < -0.4 is 10.1 Å². The van der Waals surface area contributed by atoms with Gasteiger partial charge < -0.3 is 15.0 Å². The molecule has 2 atom stereocenters. The molecule has 0 saturated carbocycles. The number of benzene rings is 2. The van der Waals surface area contributed by atoms with Crippen molar-refractivity contribution in [3.8, 4) is 5.75 Å². The SMILES string of the molecule is COc1ccc(C(CNC(=O)C(C)Sc2ccc(C)cc2)N(C)C)cc1. The maximum Gasteiger partial charge on any atom is 0.233 e. The summed E-state index contributed by atoms with van der Waals surface area (Å²) in [6.45, 7) is 4.57. The molecule has 4 nitrogen and oxygen atoms in total. The van der Waals surface area contributed by atoms with Crippen LogP contribution in [0, 0.1) is 6.92 Å². The van der Waals surface area contributed by atoms with Crippen LogP contribution in [0.4, 0.5) is 0 Å². The number of rotatable bonds is 8. The number of hydrogen-bond donors (Lipinski definition) is 1. The fourth-order valence-corrected chi connectivity index (χ4v) is 3.53. The molecule has 2 aromatic carbocycles. The van der Waals surface area contributed by atoms with Crippen molar-refractivity contribution in [3.05, 3.63) is 59.7 Å². The molecule has 2 unspecified atom stereocenters. The molecule has 0 spiro atoms. The molecule has 0 bridgehead atoms. The Morgan fingerprint density at radius 2 is 1.73 bits per heavy atom. The van der Waals surface area contributed by atoms with E-state index >= 15 is 0 Å². The van der Waals surface area contributed by atoms with Crippen LogP contribution in [0.25, 0.3) is 0 Å². The first-order valence-electron chi connectivity index (χ1n) is 8.72. The van der Waals surface area contributed by atoms with Crippen LogP contribution in [0.3, 0.4) is 0 Å². The molecular weight excluding hydrogens is 344 g/mol. The van der Waals surface area contributed by atoms with Crippen LogP contribution in [0.5, 0.6) is 5.75 Å². The van der Waals surface area contributed by atoms with Crippen LogP contribution in [0.15, 0.2) is 53.4 Å². The van der Waals surface area contributed by atoms with Crippen LogP contribution in [-0.2, 0) is 4.79 Å². The van der Waals surface area contributed by atoms with Crippen LogP contribution in [-0.4, -0.2) is 43.8 Å². The zero-order valence-electron chi connectivity index (χ0n) is 16.2. The number of likely N-dealkylation sites (N-methyl/N-ethyl adjacent to an activating group) is 1. The van der Waals surface area contributed by atoms with E-state index in [2.05, 4.69) is 41.4 Å². The third-order valence-electron chi connectivity index (χ3n) is 4.30. The monoisotopic (exact) mass is 372 g/mol. The standard InChI is InChI=1S/C21H28N2O2S/c1-15-6-12-19(13-7-15)26-16(2)21(24)22-14-20(23(3)4)17-8-10-18(25-5)11-9-17/h6-13,16,20H,14H2,1-5H3,(H,22,24). The van der Waals surface area contributed by atoms with Crippen LogP contribution in [0.1, 0.15) is 24.1 Å². The average Bonchev–Trinajstić information content (AvgIpc) is 2.63. The molecule has 0 aromatic heterocycles. The Morgan fingerprint density at radius 1 is 1.12 bits per heavy atom. The zero-order chi connectivity index (χ0) is 19.1. The minimum Gasteiger partial charge on any atom is -0.497 e. The molecule has 0 aliphatic rings. The van der Waals surface area contributed by atoms with E-state index in [0.717, 1.165) is 16.2 Å². The summed E-state index contributed by atoms with van der Waals surface area (Å²) in [5, 5.41) is 2.95. The maximum absolute atomic E-state index is 12.5. The minimum atomic E-state index is -0.142. The van der Waals surface area contributed by atoms with Gasteiger partial charge >= 0.3 is 0 Å². The first-order chi connectivity index (χ1) is 12.4. The topological polar surface area (TPSA) is 41.6 Å². The molecule has 0 saturated heterocycles. The molecule has 0 fully saturated rings. The first kappa shape index (κ1) is 20.3. The maximum atomic E-state index is 12.5. The Kier molecular flexibility index (Phi) is 7.54. The Hall–Kier alpha value is -1.98. The molecule has 1 amide bonds. The molecule has 0 aliphatic heterocycles. The second-order valence-electron chi connectivity index (χ2n) is 6.57. The number of carbonyl (C=O) groups is 1. The number of methoxy groups -OCH3 is 1. The number of nitrogens with one attached hydrogen (secondary N) is 1. The third kappa shape index (κ3) is 5.78. The van der Waals surface area contributed by atoms with Crippen molar-refractivity contribution in [2.75, 3.05) is 27.7 Å². The summed E-state index contributed by atoms with van der Waals surface area (Å²) in [7, 11) is 5.70. The number of carbonyl (C=O) groups excluding carboxylic acids is 1. The van der Waals surface area contributed by atoms with Gasteiger partial charge in [0.1, 0.15) is 5.75 Å². The van der Waals surface area contributed by atoms with Gasteiger partial charge in [-0.1, -0.05) is 29.8 Å². The summed E-state index contributed by atoms with van der Waals surface area (Å²) in [5.41, 5.74) is 2.37. The normalized spacial score (nSPS) is 13.3. The largest absolute Gasteiger partial charge is 0.497 e. The summed E-state index contributed by atoms with van der Waals surface area (Å²) in [5.74, 6) is 0.884. The Morgan fingerprint density at radius 3 is 2.27 bits per heavy atom. The van der Waals surface area contributed by atoms with Crippen molar-refractivity contribution in [2.24, 2.45) is 0 Å². The predicted molar refractivity (Wildman–Crippen MR) is 109 cm³/mol. The summed E-state index contributed by atoms with van der Waals surface area (Å²) in [4.78, 5) is 15.7. The van der Waals surface area contributed by atoms with Gasteiger partial charge in [0.25, 0.3) is 0 Å². The average molecular weight is 373 g/mol. The molecule has 2 rings (SSSR count). The quantitative estimate of drug-likeness (QED) is 0.714. The van der Waals surface area contributed by atoms with E-state index in [9.17, 15) is 4.79 Å². The van der Waals surface area contributed by atoms with Gasteiger partial charge in [-0.2, -0.15) is 0 Å². The van der Waals surface area contributed by atoms with Crippen LogP contribution in [0.2, 0.25) is 0 Å². The lowest BCUT2D eigenvalue weighted by Crippen LogP contribution is -2.38. The van der Waals surface area contributed by atoms with Gasteiger partial charge in [0, 0.05) is 11.4 Å². The van der Waals surface area contributed by atoms with E-state index in [1.165, 1.54) is 5.56 Å². The molecule has 0 radical (unpaired) electrons. The van der Waals surface area contributed by atoms with Gasteiger partial charge in [0.2, 0.25) is 5.91 Å². The van der Waals surface area contributed by atoms with Crippen molar-refractivity contribution in [1.82, 2.24) is 10.2 Å². The van der Waals surface area contributed by atoms with E-state index in [1.54, 1.807) is 18.9 Å². The van der Waals surface area contributed by atoms with E-state index in [4.69, 9.17) is 4.74 Å². The van der Waals surface area contributed by atoms with Gasteiger partial charge in [0.15, 0.2) is 0 Å². The Balaban J connectivity index is 1.94. The van der Waals surface area contributed by atoms with E-state index in [1.807, 2.05) is 45.3 Å². The molecule has 0 heterocycles. The first-order valence-corrected chi connectivity index (χ1v) is 9.60. The molecule has 140 valence electrons. The number of ether oxygens (including phenoxy) is 1. The third-order valence-corrected chi connectivity index (χ3v) is 5.41. The lowest BCUT2D eigenvalue weighted by atomic mass is 10.1. The second kappa shape index (κ2) is 9.64. The summed E-state index contributed by atoms with van der Waals surface area (Å²) < 4.78 is 5.22. The van der Waals surface area contributed by atoms with Gasteiger partial charge in [0.05, 0.1) is 18.4 Å². The van der Waals surface area contributed by atoms with Crippen molar-refractivity contribution in [1.29, 1.82) is 0 Å². The number of hydrogen-bond acceptors (Lipinski definition) is 4. The van der Waals surface area contributed by atoms with E-state index < -0.39 is 0 Å². The zero-order valence-corrected chi connectivity index (χ0v) is 17.0. The number of thioether (sulfide) groups is 1. The lowest BCUT2D eigenvalue weighted by Gasteiger charge is -2.26. The highest BCUT2D eigenvalue weighted by Gasteiger charge is 2.19. The lowest BCUT2D eigenvalue weighted by molar-refractivity contribution is -0.120. The predicted octanol–water partition coefficient (Wildman–Crippen LogP) is 3.90. The van der Waals surface area contributed by atoms with Gasteiger partial charge in [-0.3, -0.25) is 4.79 Å². The highest BCUT2D eigenvalue weighted by Crippen LogP contribution is 2.24. The highest BCUT2D eigenvalue weighted by atomic mass is 32.2. The summed E-state index contributed by atoms with van der Waals surface area (Å²) in [6.07, 6.45) is 0. The summed E-state index contributed by atoms with van der Waals surface area (Å²) >= 11 is 1.58. The molecule has 0 aliphatic carbocycles. The Labute approximate surface area is 160 Å². The van der Waals surface area contributed by atoms with Crippen LogP contribution >= 0.6 is 11.8 Å². The molecule has 5 heteroatoms. The van der Waals surface area contributed by atoms with Gasteiger partial charge in [-0.05, 0) is 57.8 Å². The van der Waals surface area contributed by atoms with Crippen molar-refractivity contribution in [2.45, 2.75) is 30.0 Å². The minimum absolute atomic E-state index is 0.0518. The van der Waals surface area contributed by atoms with E-state index in [-0.39, 0.29) is 17.2 Å². The van der Waals surface area contributed by atoms with E-state index in [0.29, 0.717) is 6.54 Å². The number of aryl methyl sites for hydroxylation is 1. The highest BCUT2D eigenvalue weighted by molar-refractivity contribution is 8.00. The fraction of sp³-hybridized carbons (Fsp3) is 0.381. The van der Waals surface area contributed by atoms with Gasteiger partial charge in [-0.15, -0.1) is 11.8 Å². The summed E-state index contributed by atoms with van der Waals surface area (Å²) in [6, 6.07) is 16.3. The molecular formula is C21H28N2O2S. The van der Waals surface area contributed by atoms with Crippen molar-refractivity contribution < 1.29 is 9.53 Å². The number of amides is 1. The smallest absolute Gasteiger partial charge is 0.233 e. The number of nitrogens with zero attached hydrogens (tertiary/aromatic N) is 1. The Bertz CT molecular complexity index is 699.